The first-order chi connectivity index (χ1) is 10.1. The summed E-state index contributed by atoms with van der Waals surface area (Å²) >= 11 is 0. The van der Waals surface area contributed by atoms with Crippen LogP contribution in [-0.4, -0.2) is 52.4 Å². The highest BCUT2D eigenvalue weighted by molar-refractivity contribution is 5.93. The maximum absolute atomic E-state index is 12.5. The van der Waals surface area contributed by atoms with Gasteiger partial charge in [-0.05, 0) is 26.2 Å². The fraction of sp³-hybridized carbons (Fsp3) is 0.667. The van der Waals surface area contributed by atoms with Crippen LogP contribution in [0.1, 0.15) is 42.4 Å². The summed E-state index contributed by atoms with van der Waals surface area (Å²) in [6.45, 7) is 5.73. The molecular weight excluding hydrogens is 270 g/mol. The van der Waals surface area contributed by atoms with Crippen molar-refractivity contribution in [3.8, 4) is 0 Å². The lowest BCUT2D eigenvalue weighted by Gasteiger charge is -2.35. The Bertz CT molecular complexity index is 554. The molecule has 2 atom stereocenters. The molecule has 6 heteroatoms. The Morgan fingerprint density at radius 1 is 1.43 bits per heavy atom. The molecule has 1 aromatic heterocycles. The second-order valence-electron chi connectivity index (χ2n) is 5.99. The van der Waals surface area contributed by atoms with Crippen molar-refractivity contribution in [2.75, 3.05) is 19.6 Å². The van der Waals surface area contributed by atoms with Crippen LogP contribution >= 0.6 is 0 Å². The van der Waals surface area contributed by atoms with Crippen molar-refractivity contribution in [1.82, 2.24) is 15.0 Å². The van der Waals surface area contributed by atoms with Gasteiger partial charge >= 0.3 is 0 Å². The first-order valence-corrected chi connectivity index (χ1v) is 7.63. The van der Waals surface area contributed by atoms with Gasteiger partial charge in [0.25, 0.3) is 5.91 Å². The number of rotatable bonds is 3. The highest BCUT2D eigenvalue weighted by atomic mass is 16.5. The third-order valence-electron chi connectivity index (χ3n) is 4.39. The zero-order valence-corrected chi connectivity index (χ0v) is 12.5. The highest BCUT2D eigenvalue weighted by Gasteiger charge is 2.41. The van der Waals surface area contributed by atoms with Crippen molar-refractivity contribution < 1.29 is 14.1 Å². The fourth-order valence-corrected chi connectivity index (χ4v) is 3.37. The molecule has 3 saturated heterocycles. The zero-order valence-electron chi connectivity index (χ0n) is 12.5. The van der Waals surface area contributed by atoms with E-state index in [4.69, 9.17) is 4.52 Å². The molecular formula is C15H21N3O3. The van der Waals surface area contributed by atoms with Gasteiger partial charge in [0.15, 0.2) is 5.69 Å². The molecule has 3 fully saturated rings. The standard InChI is InChI=1S/C15H21N3O3/c1-3-6-18-12-5-4-11(14(18)19)8-17(9-12)15(20)13-7-10(2)21-16-13/h7,11-12H,3-6,8-9H2,1-2H3/t11-,12+/m0/s1. The molecule has 114 valence electrons. The smallest absolute Gasteiger partial charge is 0.276 e. The number of carbonyl (C=O) groups excluding carboxylic acids is 2. The molecule has 21 heavy (non-hydrogen) atoms. The first-order valence-electron chi connectivity index (χ1n) is 7.63. The molecule has 0 N–H and O–H groups in total. The molecule has 1 aromatic rings. The third-order valence-corrected chi connectivity index (χ3v) is 4.39. The molecule has 0 radical (unpaired) electrons. The van der Waals surface area contributed by atoms with E-state index in [0.717, 1.165) is 25.8 Å². The SMILES string of the molecule is CCCN1C(=O)[C@H]2CC[C@@H]1CN(C(=O)c1cc(C)on1)C2. The van der Waals surface area contributed by atoms with E-state index < -0.39 is 0 Å². The van der Waals surface area contributed by atoms with Crippen LogP contribution in [0.2, 0.25) is 0 Å². The van der Waals surface area contributed by atoms with Gasteiger partial charge in [0.05, 0.1) is 5.92 Å². The Hall–Kier alpha value is -1.85. The zero-order chi connectivity index (χ0) is 15.0. The Morgan fingerprint density at radius 2 is 2.24 bits per heavy atom. The van der Waals surface area contributed by atoms with E-state index in [2.05, 4.69) is 12.1 Å². The Morgan fingerprint density at radius 3 is 2.90 bits per heavy atom. The van der Waals surface area contributed by atoms with E-state index in [1.807, 2.05) is 4.90 Å². The van der Waals surface area contributed by atoms with Gasteiger partial charge in [0, 0.05) is 31.7 Å². The second kappa shape index (κ2) is 5.50. The number of aromatic nitrogens is 1. The average molecular weight is 291 g/mol. The Labute approximate surface area is 124 Å². The minimum Gasteiger partial charge on any atom is -0.361 e. The van der Waals surface area contributed by atoms with Crippen LogP contribution in [-0.2, 0) is 4.79 Å². The first kappa shape index (κ1) is 14.1. The van der Waals surface area contributed by atoms with Crippen LogP contribution < -0.4 is 0 Å². The lowest BCUT2D eigenvalue weighted by molar-refractivity contribution is -0.139. The molecule has 2 bridgehead atoms. The summed E-state index contributed by atoms with van der Waals surface area (Å²) in [6.07, 6.45) is 2.81. The number of amides is 2. The van der Waals surface area contributed by atoms with E-state index in [-0.39, 0.29) is 23.8 Å². The van der Waals surface area contributed by atoms with E-state index in [1.165, 1.54) is 0 Å². The average Bonchev–Trinajstić information content (AvgIpc) is 2.72. The molecule has 0 spiro atoms. The van der Waals surface area contributed by atoms with Gasteiger partial charge < -0.3 is 14.3 Å². The molecule has 4 heterocycles. The summed E-state index contributed by atoms with van der Waals surface area (Å²) in [5.41, 5.74) is 0.336. The van der Waals surface area contributed by atoms with Crippen LogP contribution in [0, 0.1) is 12.8 Å². The van der Waals surface area contributed by atoms with Crippen LogP contribution in [0.4, 0.5) is 0 Å². The van der Waals surface area contributed by atoms with Crippen molar-refractivity contribution in [3.63, 3.8) is 0 Å². The summed E-state index contributed by atoms with van der Waals surface area (Å²) in [4.78, 5) is 28.7. The number of carbonyl (C=O) groups is 2. The molecule has 3 aliphatic heterocycles. The molecule has 0 aromatic carbocycles. The van der Waals surface area contributed by atoms with Crippen LogP contribution in [0.15, 0.2) is 10.6 Å². The molecule has 0 unspecified atom stereocenters. The summed E-state index contributed by atoms with van der Waals surface area (Å²) < 4.78 is 4.98. The van der Waals surface area contributed by atoms with Gasteiger partial charge in [-0.15, -0.1) is 0 Å². The molecule has 6 nitrogen and oxygen atoms in total. The van der Waals surface area contributed by atoms with Gasteiger partial charge in [-0.25, -0.2) is 0 Å². The number of piperidine rings is 1. The molecule has 4 rings (SSSR count). The molecule has 0 aliphatic carbocycles. The minimum atomic E-state index is -0.130. The summed E-state index contributed by atoms with van der Waals surface area (Å²) in [5.74, 6) is 0.640. The Kier molecular flexibility index (Phi) is 3.69. The second-order valence-corrected chi connectivity index (χ2v) is 5.99. The van der Waals surface area contributed by atoms with Gasteiger partial charge in [0.2, 0.25) is 5.91 Å². The fourth-order valence-electron chi connectivity index (χ4n) is 3.37. The van der Waals surface area contributed by atoms with Gasteiger partial charge in [-0.3, -0.25) is 9.59 Å². The minimum absolute atomic E-state index is 0.0627. The van der Waals surface area contributed by atoms with E-state index in [1.54, 1.807) is 17.9 Å². The van der Waals surface area contributed by atoms with Crippen molar-refractivity contribution in [1.29, 1.82) is 0 Å². The number of hydrogen-bond donors (Lipinski definition) is 0. The third kappa shape index (κ3) is 2.54. The quantitative estimate of drug-likeness (QED) is 0.845. The highest BCUT2D eigenvalue weighted by Crippen LogP contribution is 2.29. The maximum atomic E-state index is 12.5. The van der Waals surface area contributed by atoms with Crippen molar-refractivity contribution >= 4 is 11.8 Å². The predicted octanol–water partition coefficient (Wildman–Crippen LogP) is 1.46. The summed E-state index contributed by atoms with van der Waals surface area (Å²) in [5, 5.41) is 3.80. The lowest BCUT2D eigenvalue weighted by atomic mass is 9.94. The van der Waals surface area contributed by atoms with Crippen LogP contribution in [0.5, 0.6) is 0 Å². The van der Waals surface area contributed by atoms with E-state index >= 15 is 0 Å². The molecule has 2 amide bonds. The predicted molar refractivity (Wildman–Crippen MR) is 75.7 cm³/mol. The lowest BCUT2D eigenvalue weighted by Crippen LogP contribution is -2.48. The van der Waals surface area contributed by atoms with Gasteiger partial charge in [0.1, 0.15) is 5.76 Å². The number of fused-ring (bicyclic) bond motifs is 4. The number of hydrogen-bond acceptors (Lipinski definition) is 4. The van der Waals surface area contributed by atoms with Crippen LogP contribution in [0.25, 0.3) is 0 Å². The topological polar surface area (TPSA) is 66.7 Å². The van der Waals surface area contributed by atoms with Gasteiger partial charge in [-0.1, -0.05) is 12.1 Å². The normalized spacial score (nSPS) is 25.3. The monoisotopic (exact) mass is 291 g/mol. The van der Waals surface area contributed by atoms with E-state index in [0.29, 0.717) is 24.5 Å². The van der Waals surface area contributed by atoms with Crippen LogP contribution in [0.3, 0.4) is 0 Å². The number of nitrogens with zero attached hydrogens (tertiary/aromatic N) is 3. The maximum Gasteiger partial charge on any atom is 0.276 e. The van der Waals surface area contributed by atoms with Crippen molar-refractivity contribution in [2.24, 2.45) is 5.92 Å². The molecule has 0 saturated carbocycles. The largest absolute Gasteiger partial charge is 0.361 e. The Balaban J connectivity index is 1.80. The van der Waals surface area contributed by atoms with Gasteiger partial charge in [-0.2, -0.15) is 0 Å². The number of aryl methyl sites for hydroxylation is 1. The van der Waals surface area contributed by atoms with E-state index in [9.17, 15) is 9.59 Å². The van der Waals surface area contributed by atoms with Crippen molar-refractivity contribution in [3.05, 3.63) is 17.5 Å². The summed E-state index contributed by atoms with van der Waals surface area (Å²) in [6, 6.07) is 1.80. The van der Waals surface area contributed by atoms with Crippen molar-refractivity contribution in [2.45, 2.75) is 39.2 Å². The molecule has 3 aliphatic rings. The summed E-state index contributed by atoms with van der Waals surface area (Å²) in [7, 11) is 0.